The summed E-state index contributed by atoms with van der Waals surface area (Å²) in [5.74, 6) is 0.0383. The molecule has 4 heteroatoms. The molecule has 1 aliphatic heterocycles. The molecule has 1 heterocycles. The Bertz CT molecular complexity index is 461. The summed E-state index contributed by atoms with van der Waals surface area (Å²) in [4.78, 5) is 14.7. The van der Waals surface area contributed by atoms with Gasteiger partial charge in [0.2, 0.25) is 5.91 Å². The van der Waals surface area contributed by atoms with Gasteiger partial charge in [-0.15, -0.1) is 0 Å². The molecular weight excluding hydrogens is 252 g/mol. The van der Waals surface area contributed by atoms with Gasteiger partial charge in [-0.1, -0.05) is 43.2 Å². The number of hydrogen-bond acceptors (Lipinski definition) is 3. The van der Waals surface area contributed by atoms with Crippen molar-refractivity contribution < 1.29 is 9.53 Å². The van der Waals surface area contributed by atoms with Crippen LogP contribution in [0, 0.1) is 0 Å². The highest BCUT2D eigenvalue weighted by molar-refractivity contribution is 5.83. The Morgan fingerprint density at radius 1 is 1.25 bits per heavy atom. The van der Waals surface area contributed by atoms with E-state index in [2.05, 4.69) is 0 Å². The van der Waals surface area contributed by atoms with Crippen LogP contribution in [-0.4, -0.2) is 36.1 Å². The summed E-state index contributed by atoms with van der Waals surface area (Å²) in [6, 6.07) is 9.28. The maximum absolute atomic E-state index is 12.7. The number of nitrogens with zero attached hydrogens (tertiary/aromatic N) is 1. The summed E-state index contributed by atoms with van der Waals surface area (Å²) in [5.41, 5.74) is 7.04. The minimum absolute atomic E-state index is 0.0383. The summed E-state index contributed by atoms with van der Waals surface area (Å²) in [5, 5.41) is 0. The molecule has 3 atom stereocenters. The zero-order valence-corrected chi connectivity index (χ0v) is 11.7. The van der Waals surface area contributed by atoms with Crippen LogP contribution < -0.4 is 5.73 Å². The molecule has 2 unspecified atom stereocenters. The molecule has 108 valence electrons. The van der Waals surface area contributed by atoms with E-state index in [1.54, 1.807) is 0 Å². The number of morpholine rings is 1. The van der Waals surface area contributed by atoms with E-state index in [4.69, 9.17) is 10.5 Å². The number of nitrogens with two attached hydrogens (primary N) is 1. The molecule has 0 radical (unpaired) electrons. The maximum atomic E-state index is 12.7. The molecule has 2 aliphatic rings. The van der Waals surface area contributed by atoms with E-state index in [1.165, 1.54) is 12.8 Å². The molecule has 3 rings (SSSR count). The Hall–Kier alpha value is -1.39. The van der Waals surface area contributed by atoms with Crippen molar-refractivity contribution >= 4 is 5.91 Å². The van der Waals surface area contributed by atoms with E-state index < -0.39 is 6.04 Å². The molecular formula is C16H22N2O2. The lowest BCUT2D eigenvalue weighted by Crippen LogP contribution is -2.56. The topological polar surface area (TPSA) is 55.6 Å². The highest BCUT2D eigenvalue weighted by Gasteiger charge is 2.38. The molecule has 2 fully saturated rings. The van der Waals surface area contributed by atoms with Gasteiger partial charge < -0.3 is 15.4 Å². The Morgan fingerprint density at radius 3 is 2.80 bits per heavy atom. The average Bonchev–Trinajstić information content (AvgIpc) is 2.54. The molecule has 20 heavy (non-hydrogen) atoms. The first-order chi connectivity index (χ1) is 9.77. The highest BCUT2D eigenvalue weighted by Crippen LogP contribution is 2.30. The van der Waals surface area contributed by atoms with E-state index in [0.29, 0.717) is 13.2 Å². The van der Waals surface area contributed by atoms with Crippen molar-refractivity contribution in [3.8, 4) is 0 Å². The molecule has 1 aromatic carbocycles. The molecule has 1 saturated carbocycles. The van der Waals surface area contributed by atoms with Crippen molar-refractivity contribution in [2.45, 2.75) is 43.9 Å². The monoisotopic (exact) mass is 274 g/mol. The minimum atomic E-state index is -0.558. The number of amides is 1. The van der Waals surface area contributed by atoms with Crippen LogP contribution in [-0.2, 0) is 9.53 Å². The number of carbonyl (C=O) groups excluding carboxylic acids is 1. The van der Waals surface area contributed by atoms with Gasteiger partial charge in [0.05, 0.1) is 18.8 Å². The standard InChI is InChI=1S/C16H22N2O2/c17-15(12-6-2-1-3-7-12)16(19)18-10-11-20-14-9-5-4-8-13(14)18/h1-3,6-7,13-15H,4-5,8-11,17H2/t13?,14?,15-/m0/s1. The van der Waals surface area contributed by atoms with Crippen molar-refractivity contribution in [3.05, 3.63) is 35.9 Å². The quantitative estimate of drug-likeness (QED) is 0.895. The van der Waals surface area contributed by atoms with Crippen LogP contribution in [0.25, 0.3) is 0 Å². The zero-order valence-electron chi connectivity index (χ0n) is 11.7. The van der Waals surface area contributed by atoms with Crippen LogP contribution in [0.3, 0.4) is 0 Å². The number of fused-ring (bicyclic) bond motifs is 1. The molecule has 0 spiro atoms. The van der Waals surface area contributed by atoms with Gasteiger partial charge >= 0.3 is 0 Å². The second kappa shape index (κ2) is 5.94. The smallest absolute Gasteiger partial charge is 0.244 e. The summed E-state index contributed by atoms with van der Waals surface area (Å²) >= 11 is 0. The first kappa shape index (κ1) is 13.6. The first-order valence-corrected chi connectivity index (χ1v) is 7.50. The third-order valence-corrected chi connectivity index (χ3v) is 4.44. The fourth-order valence-electron chi connectivity index (χ4n) is 3.35. The van der Waals surface area contributed by atoms with Gasteiger partial charge in [0.15, 0.2) is 0 Å². The van der Waals surface area contributed by atoms with Crippen LogP contribution in [0.2, 0.25) is 0 Å². The number of ether oxygens (including phenoxy) is 1. The predicted octanol–water partition coefficient (Wildman–Crippen LogP) is 1.86. The number of carbonyl (C=O) groups is 1. The summed E-state index contributed by atoms with van der Waals surface area (Å²) in [6.45, 7) is 1.30. The lowest BCUT2D eigenvalue weighted by atomic mass is 9.89. The first-order valence-electron chi connectivity index (χ1n) is 7.50. The van der Waals surface area contributed by atoms with Gasteiger partial charge in [0, 0.05) is 6.54 Å². The Morgan fingerprint density at radius 2 is 2.00 bits per heavy atom. The van der Waals surface area contributed by atoms with Gasteiger partial charge in [0.1, 0.15) is 6.04 Å². The lowest BCUT2D eigenvalue weighted by molar-refractivity contribution is -0.151. The second-order valence-electron chi connectivity index (χ2n) is 5.68. The van der Waals surface area contributed by atoms with Crippen molar-refractivity contribution in [2.75, 3.05) is 13.2 Å². The summed E-state index contributed by atoms with van der Waals surface area (Å²) in [7, 11) is 0. The van der Waals surface area contributed by atoms with Crippen molar-refractivity contribution in [1.29, 1.82) is 0 Å². The zero-order chi connectivity index (χ0) is 13.9. The molecule has 1 aliphatic carbocycles. The molecule has 1 saturated heterocycles. The largest absolute Gasteiger partial charge is 0.374 e. The van der Waals surface area contributed by atoms with Crippen LogP contribution in [0.15, 0.2) is 30.3 Å². The van der Waals surface area contributed by atoms with Crippen molar-refractivity contribution in [2.24, 2.45) is 5.73 Å². The van der Waals surface area contributed by atoms with Gasteiger partial charge in [0.25, 0.3) is 0 Å². The average molecular weight is 274 g/mol. The second-order valence-corrected chi connectivity index (χ2v) is 5.68. The molecule has 4 nitrogen and oxygen atoms in total. The van der Waals surface area contributed by atoms with Gasteiger partial charge in [-0.25, -0.2) is 0 Å². The third-order valence-electron chi connectivity index (χ3n) is 4.44. The third kappa shape index (κ3) is 2.58. The van der Waals surface area contributed by atoms with Gasteiger partial charge in [-0.2, -0.15) is 0 Å². The van der Waals surface area contributed by atoms with Crippen LogP contribution >= 0.6 is 0 Å². The van der Waals surface area contributed by atoms with E-state index in [0.717, 1.165) is 18.4 Å². The fourth-order valence-corrected chi connectivity index (χ4v) is 3.35. The molecule has 2 N–H and O–H groups in total. The van der Waals surface area contributed by atoms with Gasteiger partial charge in [-0.05, 0) is 18.4 Å². The predicted molar refractivity (Wildman–Crippen MR) is 77.1 cm³/mol. The van der Waals surface area contributed by atoms with Crippen molar-refractivity contribution in [3.63, 3.8) is 0 Å². The van der Waals surface area contributed by atoms with E-state index in [-0.39, 0.29) is 18.1 Å². The maximum Gasteiger partial charge on any atom is 0.244 e. The van der Waals surface area contributed by atoms with E-state index in [9.17, 15) is 4.79 Å². The highest BCUT2D eigenvalue weighted by atomic mass is 16.5. The van der Waals surface area contributed by atoms with Crippen LogP contribution in [0.4, 0.5) is 0 Å². The number of hydrogen-bond donors (Lipinski definition) is 1. The SMILES string of the molecule is N[C@H](C(=O)N1CCOC2CCCCC21)c1ccccc1. The summed E-state index contributed by atoms with van der Waals surface area (Å²) < 4.78 is 5.81. The van der Waals surface area contributed by atoms with Gasteiger partial charge in [-0.3, -0.25) is 4.79 Å². The molecule has 0 aromatic heterocycles. The fraction of sp³-hybridized carbons (Fsp3) is 0.562. The molecule has 1 aromatic rings. The van der Waals surface area contributed by atoms with Crippen molar-refractivity contribution in [1.82, 2.24) is 4.90 Å². The summed E-state index contributed by atoms with van der Waals surface area (Å²) in [6.07, 6.45) is 4.69. The molecule has 1 amide bonds. The normalized spacial score (nSPS) is 27.8. The van der Waals surface area contributed by atoms with E-state index >= 15 is 0 Å². The number of rotatable bonds is 2. The Kier molecular flexibility index (Phi) is 4.03. The minimum Gasteiger partial charge on any atom is -0.374 e. The Balaban J connectivity index is 1.75. The Labute approximate surface area is 119 Å². The van der Waals surface area contributed by atoms with Crippen LogP contribution in [0.5, 0.6) is 0 Å². The lowest BCUT2D eigenvalue weighted by Gasteiger charge is -2.44. The number of benzene rings is 1. The molecule has 0 bridgehead atoms. The van der Waals surface area contributed by atoms with Crippen LogP contribution in [0.1, 0.15) is 37.3 Å². The van der Waals surface area contributed by atoms with E-state index in [1.807, 2.05) is 35.2 Å².